The number of Topliss-reactive ketones (excluding diaryl/α,β-unsaturated/α-hetero) is 2. The van der Waals surface area contributed by atoms with Crippen LogP contribution in [0, 0.1) is 0 Å². The summed E-state index contributed by atoms with van der Waals surface area (Å²) in [6.07, 6.45) is -0.166. The number of aromatic hydroxyl groups is 1. The van der Waals surface area contributed by atoms with E-state index in [0.717, 1.165) is 0 Å². The molecule has 2 rings (SSSR count). The van der Waals surface area contributed by atoms with Crippen LogP contribution in [0.15, 0.2) is 42.5 Å². The molecule has 0 spiro atoms. The van der Waals surface area contributed by atoms with Crippen molar-refractivity contribution in [3.05, 3.63) is 53.6 Å². The standard InChI is InChI=1S/C17H16O5/c1-21-13-6-3-11(4-7-13)17(20)16(19)9-12-5-8-14(22-2)10-15(12)18/h3-8,10,18H,9H2,1-2H3. The molecular formula is C17H16O5. The van der Waals surface area contributed by atoms with Crippen LogP contribution < -0.4 is 9.47 Å². The predicted molar refractivity (Wildman–Crippen MR) is 80.7 cm³/mol. The van der Waals surface area contributed by atoms with E-state index >= 15 is 0 Å². The minimum atomic E-state index is -0.599. The maximum atomic E-state index is 12.1. The fourth-order valence-corrected chi connectivity index (χ4v) is 1.98. The molecule has 2 aromatic carbocycles. The zero-order valence-corrected chi connectivity index (χ0v) is 12.3. The first-order valence-electron chi connectivity index (χ1n) is 6.62. The third-order valence-corrected chi connectivity index (χ3v) is 3.25. The lowest BCUT2D eigenvalue weighted by atomic mass is 10.0. The number of ketones is 2. The highest BCUT2D eigenvalue weighted by molar-refractivity contribution is 6.44. The summed E-state index contributed by atoms with van der Waals surface area (Å²) < 4.78 is 9.97. The minimum Gasteiger partial charge on any atom is -0.508 e. The molecule has 5 nitrogen and oxygen atoms in total. The van der Waals surface area contributed by atoms with Crippen LogP contribution >= 0.6 is 0 Å². The van der Waals surface area contributed by atoms with Gasteiger partial charge in [-0.25, -0.2) is 0 Å². The van der Waals surface area contributed by atoms with Crippen molar-refractivity contribution in [2.24, 2.45) is 0 Å². The van der Waals surface area contributed by atoms with Gasteiger partial charge in [0.15, 0.2) is 0 Å². The summed E-state index contributed by atoms with van der Waals surface area (Å²) >= 11 is 0. The van der Waals surface area contributed by atoms with Crippen molar-refractivity contribution in [1.82, 2.24) is 0 Å². The highest BCUT2D eigenvalue weighted by Crippen LogP contribution is 2.24. The van der Waals surface area contributed by atoms with E-state index in [1.165, 1.54) is 32.4 Å². The second-order valence-corrected chi connectivity index (χ2v) is 4.65. The molecule has 0 radical (unpaired) electrons. The molecule has 0 aliphatic rings. The normalized spacial score (nSPS) is 10.1. The first kappa shape index (κ1) is 15.6. The molecule has 0 fully saturated rings. The lowest BCUT2D eigenvalue weighted by molar-refractivity contribution is -0.114. The average molecular weight is 300 g/mol. The third-order valence-electron chi connectivity index (χ3n) is 3.25. The molecule has 0 unspecified atom stereocenters. The van der Waals surface area contributed by atoms with Crippen molar-refractivity contribution >= 4 is 11.6 Å². The first-order chi connectivity index (χ1) is 10.5. The number of phenolic OH excluding ortho intramolecular Hbond substituents is 1. The van der Waals surface area contributed by atoms with E-state index in [0.29, 0.717) is 22.6 Å². The average Bonchev–Trinajstić information content (AvgIpc) is 2.56. The molecule has 5 heteroatoms. The summed E-state index contributed by atoms with van der Waals surface area (Å²) in [5.41, 5.74) is 0.673. The van der Waals surface area contributed by atoms with Crippen LogP contribution in [0.2, 0.25) is 0 Å². The van der Waals surface area contributed by atoms with Gasteiger partial charge in [-0.3, -0.25) is 9.59 Å². The second-order valence-electron chi connectivity index (χ2n) is 4.65. The van der Waals surface area contributed by atoms with Gasteiger partial charge in [0, 0.05) is 23.6 Å². The van der Waals surface area contributed by atoms with Gasteiger partial charge in [0.1, 0.15) is 17.2 Å². The zero-order valence-electron chi connectivity index (χ0n) is 12.3. The monoisotopic (exact) mass is 300 g/mol. The molecule has 0 atom stereocenters. The fraction of sp³-hybridized carbons (Fsp3) is 0.176. The molecule has 22 heavy (non-hydrogen) atoms. The summed E-state index contributed by atoms with van der Waals surface area (Å²) in [6.45, 7) is 0. The number of hydrogen-bond donors (Lipinski definition) is 1. The van der Waals surface area contributed by atoms with Crippen molar-refractivity contribution < 1.29 is 24.2 Å². The highest BCUT2D eigenvalue weighted by atomic mass is 16.5. The van der Waals surface area contributed by atoms with Gasteiger partial charge in [-0.05, 0) is 30.3 Å². The molecule has 1 N–H and O–H groups in total. The van der Waals surface area contributed by atoms with Gasteiger partial charge in [0.25, 0.3) is 0 Å². The molecule has 0 bridgehead atoms. The van der Waals surface area contributed by atoms with Crippen LogP contribution in [-0.2, 0) is 11.2 Å². The van der Waals surface area contributed by atoms with E-state index in [4.69, 9.17) is 9.47 Å². The van der Waals surface area contributed by atoms with E-state index in [1.807, 2.05) is 0 Å². The van der Waals surface area contributed by atoms with Gasteiger partial charge in [-0.1, -0.05) is 6.07 Å². The van der Waals surface area contributed by atoms with Gasteiger partial charge in [0.2, 0.25) is 11.6 Å². The predicted octanol–water partition coefficient (Wildman–Crippen LogP) is 2.40. The van der Waals surface area contributed by atoms with Crippen molar-refractivity contribution in [1.29, 1.82) is 0 Å². The van der Waals surface area contributed by atoms with Crippen molar-refractivity contribution in [3.8, 4) is 17.2 Å². The van der Waals surface area contributed by atoms with Crippen LogP contribution in [0.25, 0.3) is 0 Å². The topological polar surface area (TPSA) is 72.8 Å². The molecule has 2 aromatic rings. The van der Waals surface area contributed by atoms with Crippen LogP contribution in [0.3, 0.4) is 0 Å². The number of carbonyl (C=O) groups is 2. The molecule has 0 heterocycles. The quantitative estimate of drug-likeness (QED) is 0.655. The summed E-state index contributed by atoms with van der Waals surface area (Å²) in [5, 5.41) is 9.83. The SMILES string of the molecule is COc1ccc(C(=O)C(=O)Cc2ccc(OC)cc2O)cc1. The second kappa shape index (κ2) is 6.76. The molecule has 0 aliphatic heterocycles. The summed E-state index contributed by atoms with van der Waals surface area (Å²) in [6, 6.07) is 10.9. The maximum absolute atomic E-state index is 12.1. The Morgan fingerprint density at radius 1 is 0.955 bits per heavy atom. The Balaban J connectivity index is 2.12. The number of rotatable bonds is 6. The number of methoxy groups -OCH3 is 2. The lowest BCUT2D eigenvalue weighted by Gasteiger charge is -2.06. The molecular weight excluding hydrogens is 284 g/mol. The Bertz CT molecular complexity index is 689. The van der Waals surface area contributed by atoms with E-state index in [9.17, 15) is 14.7 Å². The van der Waals surface area contributed by atoms with E-state index in [1.54, 1.807) is 24.3 Å². The minimum absolute atomic E-state index is 0.0739. The van der Waals surface area contributed by atoms with Crippen LogP contribution in [-0.4, -0.2) is 30.9 Å². The Kier molecular flexibility index (Phi) is 4.78. The molecule has 114 valence electrons. The summed E-state index contributed by atoms with van der Waals surface area (Å²) in [7, 11) is 3.00. The van der Waals surface area contributed by atoms with Crippen LogP contribution in [0.4, 0.5) is 0 Å². The number of phenols is 1. The third kappa shape index (κ3) is 3.44. The molecule has 0 aliphatic carbocycles. The van der Waals surface area contributed by atoms with E-state index in [-0.39, 0.29) is 12.2 Å². The van der Waals surface area contributed by atoms with Gasteiger partial charge in [-0.15, -0.1) is 0 Å². The number of hydrogen-bond acceptors (Lipinski definition) is 5. The lowest BCUT2D eigenvalue weighted by Crippen LogP contribution is -2.16. The first-order valence-corrected chi connectivity index (χ1v) is 6.62. The van der Waals surface area contributed by atoms with Crippen LogP contribution in [0.1, 0.15) is 15.9 Å². The zero-order chi connectivity index (χ0) is 16.1. The summed E-state index contributed by atoms with van der Waals surface area (Å²) in [4.78, 5) is 24.1. The Morgan fingerprint density at radius 2 is 1.55 bits per heavy atom. The number of carbonyl (C=O) groups excluding carboxylic acids is 2. The van der Waals surface area contributed by atoms with Crippen molar-refractivity contribution in [3.63, 3.8) is 0 Å². The smallest absolute Gasteiger partial charge is 0.228 e. The molecule has 0 amide bonds. The molecule has 0 saturated carbocycles. The van der Waals surface area contributed by atoms with Gasteiger partial charge in [0.05, 0.1) is 14.2 Å². The van der Waals surface area contributed by atoms with Gasteiger partial charge in [-0.2, -0.15) is 0 Å². The van der Waals surface area contributed by atoms with Gasteiger partial charge < -0.3 is 14.6 Å². The fourth-order valence-electron chi connectivity index (χ4n) is 1.98. The van der Waals surface area contributed by atoms with Crippen LogP contribution in [0.5, 0.6) is 17.2 Å². The Labute approximate surface area is 128 Å². The largest absolute Gasteiger partial charge is 0.508 e. The molecule has 0 saturated heterocycles. The van der Waals surface area contributed by atoms with Crippen molar-refractivity contribution in [2.75, 3.05) is 14.2 Å². The van der Waals surface area contributed by atoms with Gasteiger partial charge >= 0.3 is 0 Å². The molecule has 0 aromatic heterocycles. The number of benzene rings is 2. The maximum Gasteiger partial charge on any atom is 0.228 e. The highest BCUT2D eigenvalue weighted by Gasteiger charge is 2.18. The number of ether oxygens (including phenoxy) is 2. The Hall–Kier alpha value is -2.82. The van der Waals surface area contributed by atoms with E-state index < -0.39 is 11.6 Å². The van der Waals surface area contributed by atoms with Crippen molar-refractivity contribution in [2.45, 2.75) is 6.42 Å². The summed E-state index contributed by atoms with van der Waals surface area (Å²) in [5.74, 6) is -0.175. The van der Waals surface area contributed by atoms with E-state index in [2.05, 4.69) is 0 Å². The Morgan fingerprint density at radius 3 is 2.09 bits per heavy atom.